The number of benzene rings is 1. The molecule has 0 radical (unpaired) electrons. The number of unbranched alkanes of at least 4 members (excludes halogenated alkanes) is 1. The Morgan fingerprint density at radius 3 is 2.22 bits per heavy atom. The topological polar surface area (TPSA) is 74.6 Å². The van der Waals surface area contributed by atoms with Crippen molar-refractivity contribution in [2.24, 2.45) is 0 Å². The number of aliphatic carboxylic acids is 2. The third kappa shape index (κ3) is 4.20. The summed E-state index contributed by atoms with van der Waals surface area (Å²) in [4.78, 5) is 21.7. The Balaban J connectivity index is 2.80. The van der Waals surface area contributed by atoms with Gasteiger partial charge in [-0.2, -0.15) is 0 Å². The lowest BCUT2D eigenvalue weighted by atomic mass is 9.94. The zero-order valence-electron chi connectivity index (χ0n) is 10.4. The van der Waals surface area contributed by atoms with Gasteiger partial charge in [-0.25, -0.2) is 0 Å². The van der Waals surface area contributed by atoms with Crippen molar-refractivity contribution in [2.45, 2.75) is 38.5 Å². The maximum absolute atomic E-state index is 11.0. The monoisotopic (exact) mass is 250 g/mol. The van der Waals surface area contributed by atoms with E-state index in [4.69, 9.17) is 10.2 Å². The van der Waals surface area contributed by atoms with E-state index in [1.165, 1.54) is 0 Å². The molecule has 4 heteroatoms. The van der Waals surface area contributed by atoms with Gasteiger partial charge in [0, 0.05) is 0 Å². The molecule has 0 bridgehead atoms. The number of rotatable bonds is 7. The quantitative estimate of drug-likeness (QED) is 0.780. The second kappa shape index (κ2) is 6.79. The number of hydrogen-bond donors (Lipinski definition) is 2. The Kier molecular flexibility index (Phi) is 5.36. The SMILES string of the molecule is CCCCc1ccc(C(CC(=O)O)C(=O)O)cc1. The number of aryl methyl sites for hydroxylation is 1. The van der Waals surface area contributed by atoms with E-state index in [-0.39, 0.29) is 6.42 Å². The Bertz CT molecular complexity index is 408. The molecule has 98 valence electrons. The molecule has 1 aromatic carbocycles. The Hall–Kier alpha value is -1.84. The van der Waals surface area contributed by atoms with Crippen LogP contribution in [0.2, 0.25) is 0 Å². The molecule has 2 N–H and O–H groups in total. The molecule has 1 aromatic rings. The van der Waals surface area contributed by atoms with Crippen LogP contribution in [0.15, 0.2) is 24.3 Å². The maximum Gasteiger partial charge on any atom is 0.311 e. The van der Waals surface area contributed by atoms with E-state index in [1.807, 2.05) is 12.1 Å². The highest BCUT2D eigenvalue weighted by Gasteiger charge is 2.22. The van der Waals surface area contributed by atoms with Crippen LogP contribution in [0.5, 0.6) is 0 Å². The molecule has 0 fully saturated rings. The average molecular weight is 250 g/mol. The molecule has 0 aliphatic rings. The molecule has 0 spiro atoms. The minimum Gasteiger partial charge on any atom is -0.481 e. The van der Waals surface area contributed by atoms with Gasteiger partial charge >= 0.3 is 11.9 Å². The van der Waals surface area contributed by atoms with Crippen LogP contribution in [0.3, 0.4) is 0 Å². The zero-order chi connectivity index (χ0) is 13.5. The second-order valence-electron chi connectivity index (χ2n) is 4.33. The van der Waals surface area contributed by atoms with Crippen LogP contribution in [0.1, 0.15) is 43.2 Å². The summed E-state index contributed by atoms with van der Waals surface area (Å²) in [5, 5.41) is 17.7. The molecule has 1 atom stereocenters. The fourth-order valence-corrected chi connectivity index (χ4v) is 1.82. The predicted molar refractivity (Wildman–Crippen MR) is 67.7 cm³/mol. The standard InChI is InChI=1S/C14H18O4/c1-2-3-4-10-5-7-11(8-6-10)12(14(17)18)9-13(15)16/h5-8,12H,2-4,9H2,1H3,(H,15,16)(H,17,18). The summed E-state index contributed by atoms with van der Waals surface area (Å²) in [5.74, 6) is -3.17. The van der Waals surface area contributed by atoms with Gasteiger partial charge in [0.25, 0.3) is 0 Å². The van der Waals surface area contributed by atoms with Gasteiger partial charge in [0.1, 0.15) is 0 Å². The molecule has 18 heavy (non-hydrogen) atoms. The van der Waals surface area contributed by atoms with E-state index in [2.05, 4.69) is 6.92 Å². The third-order valence-electron chi connectivity index (χ3n) is 2.88. The van der Waals surface area contributed by atoms with Gasteiger partial charge in [0.15, 0.2) is 0 Å². The molecular weight excluding hydrogens is 232 g/mol. The van der Waals surface area contributed by atoms with Gasteiger partial charge in [-0.15, -0.1) is 0 Å². The second-order valence-corrected chi connectivity index (χ2v) is 4.33. The van der Waals surface area contributed by atoms with Crippen LogP contribution in [0.4, 0.5) is 0 Å². The van der Waals surface area contributed by atoms with Gasteiger partial charge in [-0.1, -0.05) is 37.6 Å². The Morgan fingerprint density at radius 1 is 1.17 bits per heavy atom. The summed E-state index contributed by atoms with van der Waals surface area (Å²) in [5.41, 5.74) is 1.70. The smallest absolute Gasteiger partial charge is 0.311 e. The van der Waals surface area contributed by atoms with Crippen LogP contribution in [0.25, 0.3) is 0 Å². The normalized spacial score (nSPS) is 12.1. The van der Waals surface area contributed by atoms with Gasteiger partial charge < -0.3 is 10.2 Å². The lowest BCUT2D eigenvalue weighted by Gasteiger charge is -2.11. The highest BCUT2D eigenvalue weighted by molar-refractivity contribution is 5.82. The van der Waals surface area contributed by atoms with Gasteiger partial charge in [-0.05, 0) is 24.0 Å². The largest absolute Gasteiger partial charge is 0.481 e. The summed E-state index contributed by atoms with van der Waals surface area (Å²) in [6, 6.07) is 7.19. The minimum absolute atomic E-state index is 0.385. The fourth-order valence-electron chi connectivity index (χ4n) is 1.82. The van der Waals surface area contributed by atoms with Crippen LogP contribution in [-0.2, 0) is 16.0 Å². The number of carbonyl (C=O) groups is 2. The molecule has 0 saturated heterocycles. The molecule has 0 heterocycles. The van der Waals surface area contributed by atoms with Crippen molar-refractivity contribution in [3.63, 3.8) is 0 Å². The summed E-state index contributed by atoms with van der Waals surface area (Å²) < 4.78 is 0. The van der Waals surface area contributed by atoms with Crippen LogP contribution >= 0.6 is 0 Å². The first-order valence-electron chi connectivity index (χ1n) is 6.08. The molecule has 4 nitrogen and oxygen atoms in total. The van der Waals surface area contributed by atoms with E-state index in [0.717, 1.165) is 24.8 Å². The molecule has 0 aliphatic heterocycles. The number of hydrogen-bond acceptors (Lipinski definition) is 2. The van der Waals surface area contributed by atoms with Crippen LogP contribution < -0.4 is 0 Å². The van der Waals surface area contributed by atoms with Crippen molar-refractivity contribution >= 4 is 11.9 Å². The first kappa shape index (κ1) is 14.2. The van der Waals surface area contributed by atoms with Gasteiger partial charge in [-0.3, -0.25) is 9.59 Å². The number of carboxylic acids is 2. The fraction of sp³-hybridized carbons (Fsp3) is 0.429. The summed E-state index contributed by atoms with van der Waals surface area (Å²) in [6.07, 6.45) is 2.78. The first-order chi connectivity index (χ1) is 8.54. The maximum atomic E-state index is 11.0. The summed E-state index contributed by atoms with van der Waals surface area (Å²) in [7, 11) is 0. The lowest BCUT2D eigenvalue weighted by molar-refractivity contribution is -0.145. The lowest BCUT2D eigenvalue weighted by Crippen LogP contribution is -2.15. The third-order valence-corrected chi connectivity index (χ3v) is 2.88. The molecule has 0 amide bonds. The highest BCUT2D eigenvalue weighted by atomic mass is 16.4. The first-order valence-corrected chi connectivity index (χ1v) is 6.08. The van der Waals surface area contributed by atoms with Crippen molar-refractivity contribution < 1.29 is 19.8 Å². The van der Waals surface area contributed by atoms with E-state index in [1.54, 1.807) is 12.1 Å². The van der Waals surface area contributed by atoms with Crippen LogP contribution in [0, 0.1) is 0 Å². The molecule has 0 aliphatic carbocycles. The van der Waals surface area contributed by atoms with E-state index in [9.17, 15) is 9.59 Å². The molecule has 1 rings (SSSR count). The van der Waals surface area contributed by atoms with E-state index < -0.39 is 17.9 Å². The summed E-state index contributed by atoms with van der Waals surface area (Å²) in [6.45, 7) is 2.11. The van der Waals surface area contributed by atoms with Gasteiger partial charge in [0.05, 0.1) is 12.3 Å². The summed E-state index contributed by atoms with van der Waals surface area (Å²) >= 11 is 0. The molecule has 0 aromatic heterocycles. The predicted octanol–water partition coefficient (Wildman–Crippen LogP) is 2.67. The van der Waals surface area contributed by atoms with Crippen molar-refractivity contribution in [3.05, 3.63) is 35.4 Å². The van der Waals surface area contributed by atoms with E-state index >= 15 is 0 Å². The molecule has 0 saturated carbocycles. The minimum atomic E-state index is -1.10. The van der Waals surface area contributed by atoms with E-state index in [0.29, 0.717) is 5.56 Å². The Labute approximate surface area is 106 Å². The van der Waals surface area contributed by atoms with Gasteiger partial charge in [0.2, 0.25) is 0 Å². The molecule has 1 unspecified atom stereocenters. The van der Waals surface area contributed by atoms with Crippen molar-refractivity contribution in [3.8, 4) is 0 Å². The Morgan fingerprint density at radius 2 is 1.78 bits per heavy atom. The van der Waals surface area contributed by atoms with Crippen molar-refractivity contribution in [2.75, 3.05) is 0 Å². The van der Waals surface area contributed by atoms with Crippen molar-refractivity contribution in [1.29, 1.82) is 0 Å². The highest BCUT2D eigenvalue weighted by Crippen LogP contribution is 2.21. The van der Waals surface area contributed by atoms with Crippen LogP contribution in [-0.4, -0.2) is 22.2 Å². The average Bonchev–Trinajstić information content (AvgIpc) is 2.34. The zero-order valence-corrected chi connectivity index (χ0v) is 10.4. The number of carboxylic acid groups (broad SMARTS) is 2. The van der Waals surface area contributed by atoms with Crippen molar-refractivity contribution in [1.82, 2.24) is 0 Å². The molecular formula is C14H18O4.